The van der Waals surface area contributed by atoms with E-state index >= 15 is 0 Å². The minimum absolute atomic E-state index is 0.184. The van der Waals surface area contributed by atoms with Gasteiger partial charge in [-0.3, -0.25) is 14.8 Å². The van der Waals surface area contributed by atoms with Crippen LogP contribution in [0, 0.1) is 0 Å². The van der Waals surface area contributed by atoms with Crippen LogP contribution in [0.5, 0.6) is 0 Å². The molecule has 0 fully saturated rings. The van der Waals surface area contributed by atoms with E-state index in [1.54, 1.807) is 42.5 Å². The van der Waals surface area contributed by atoms with Gasteiger partial charge in [-0.1, -0.05) is 18.2 Å². The summed E-state index contributed by atoms with van der Waals surface area (Å²) >= 11 is 1.52. The van der Waals surface area contributed by atoms with Crippen molar-refractivity contribution < 1.29 is 13.2 Å². The predicted octanol–water partition coefficient (Wildman–Crippen LogP) is 3.68. The number of anilines is 2. The summed E-state index contributed by atoms with van der Waals surface area (Å²) < 4.78 is 27.2. The van der Waals surface area contributed by atoms with E-state index in [9.17, 15) is 13.2 Å². The average molecular weight is 399 g/mol. The molecule has 0 saturated carbocycles. The van der Waals surface area contributed by atoms with E-state index in [-0.39, 0.29) is 10.8 Å². The van der Waals surface area contributed by atoms with Crippen LogP contribution in [0.1, 0.15) is 27.3 Å². The Kier molecular flexibility index (Phi) is 4.67. The molecule has 27 heavy (non-hydrogen) atoms. The SMILES string of the molecule is O=C(Nc1nc2c(s1)CCC2)c1ccc(NS(=O)(=O)c2ccccc2)cc1. The zero-order valence-corrected chi connectivity index (χ0v) is 15.9. The molecular weight excluding hydrogens is 382 g/mol. The first-order chi connectivity index (χ1) is 13.0. The molecule has 2 aromatic carbocycles. The summed E-state index contributed by atoms with van der Waals surface area (Å²) in [6, 6.07) is 14.4. The summed E-state index contributed by atoms with van der Waals surface area (Å²) in [4.78, 5) is 18.3. The number of carbonyl (C=O) groups excluding carboxylic acids is 1. The van der Waals surface area contributed by atoms with Crippen LogP contribution in [0.2, 0.25) is 0 Å². The highest BCUT2D eigenvalue weighted by atomic mass is 32.2. The largest absolute Gasteiger partial charge is 0.298 e. The van der Waals surface area contributed by atoms with Crippen LogP contribution < -0.4 is 10.0 Å². The molecule has 138 valence electrons. The zero-order valence-electron chi connectivity index (χ0n) is 14.3. The maximum absolute atomic E-state index is 12.4. The van der Waals surface area contributed by atoms with Gasteiger partial charge in [0.1, 0.15) is 0 Å². The Hall–Kier alpha value is -2.71. The molecule has 1 aliphatic rings. The molecule has 0 bridgehead atoms. The molecule has 0 saturated heterocycles. The normalized spacial score (nSPS) is 13.2. The van der Waals surface area contributed by atoms with Gasteiger partial charge in [-0.05, 0) is 55.7 Å². The van der Waals surface area contributed by atoms with Gasteiger partial charge >= 0.3 is 0 Å². The fourth-order valence-corrected chi connectivity index (χ4v) is 5.04. The van der Waals surface area contributed by atoms with E-state index in [0.29, 0.717) is 16.4 Å². The predicted molar refractivity (Wildman–Crippen MR) is 106 cm³/mol. The van der Waals surface area contributed by atoms with E-state index in [1.807, 2.05) is 0 Å². The van der Waals surface area contributed by atoms with Crippen molar-refractivity contribution in [3.8, 4) is 0 Å². The van der Waals surface area contributed by atoms with Crippen LogP contribution >= 0.6 is 11.3 Å². The van der Waals surface area contributed by atoms with Crippen molar-refractivity contribution in [2.24, 2.45) is 0 Å². The third kappa shape index (κ3) is 3.86. The number of rotatable bonds is 5. The lowest BCUT2D eigenvalue weighted by molar-refractivity contribution is 0.102. The highest BCUT2D eigenvalue weighted by molar-refractivity contribution is 7.92. The Bertz CT molecular complexity index is 1050. The summed E-state index contributed by atoms with van der Waals surface area (Å²) in [5, 5.41) is 3.42. The molecule has 2 N–H and O–H groups in total. The number of sulfonamides is 1. The number of amides is 1. The second-order valence-corrected chi connectivity index (χ2v) is 8.96. The van der Waals surface area contributed by atoms with Crippen molar-refractivity contribution in [1.29, 1.82) is 0 Å². The Morgan fingerprint density at radius 2 is 1.74 bits per heavy atom. The molecule has 1 amide bonds. The molecule has 6 nitrogen and oxygen atoms in total. The Morgan fingerprint density at radius 3 is 2.44 bits per heavy atom. The minimum atomic E-state index is -3.65. The number of hydrogen-bond acceptors (Lipinski definition) is 5. The van der Waals surface area contributed by atoms with Gasteiger partial charge in [-0.25, -0.2) is 13.4 Å². The fraction of sp³-hybridized carbons (Fsp3) is 0.158. The number of aromatic nitrogens is 1. The molecule has 1 heterocycles. The topological polar surface area (TPSA) is 88.2 Å². The maximum Gasteiger partial charge on any atom is 0.261 e. The van der Waals surface area contributed by atoms with Gasteiger partial charge < -0.3 is 0 Å². The third-order valence-corrected chi connectivity index (χ3v) is 6.74. The standard InChI is InChI=1S/C19H17N3O3S2/c23-18(21-19-20-16-7-4-8-17(16)26-19)13-9-11-14(12-10-13)22-27(24,25)15-5-2-1-3-6-15/h1-3,5-6,9-12,22H,4,7-8H2,(H,20,21,23). The van der Waals surface area contributed by atoms with Gasteiger partial charge in [-0.2, -0.15) is 0 Å². The first-order valence-corrected chi connectivity index (χ1v) is 10.8. The van der Waals surface area contributed by atoms with Crippen molar-refractivity contribution in [2.45, 2.75) is 24.2 Å². The highest BCUT2D eigenvalue weighted by Gasteiger charge is 2.18. The number of benzene rings is 2. The van der Waals surface area contributed by atoms with Crippen LogP contribution in [0.15, 0.2) is 59.5 Å². The number of nitrogens with one attached hydrogen (secondary N) is 2. The molecule has 1 aromatic heterocycles. The number of nitrogens with zero attached hydrogens (tertiary/aromatic N) is 1. The average Bonchev–Trinajstić information content (AvgIpc) is 3.24. The molecular formula is C19H17N3O3S2. The summed E-state index contributed by atoms with van der Waals surface area (Å²) in [6.45, 7) is 0. The number of thiazole rings is 1. The van der Waals surface area contributed by atoms with Gasteiger partial charge in [0, 0.05) is 16.1 Å². The maximum atomic E-state index is 12.4. The van der Waals surface area contributed by atoms with Gasteiger partial charge in [0.25, 0.3) is 15.9 Å². The van der Waals surface area contributed by atoms with Crippen molar-refractivity contribution in [1.82, 2.24) is 4.98 Å². The van der Waals surface area contributed by atoms with Gasteiger partial charge in [0.05, 0.1) is 10.6 Å². The van der Waals surface area contributed by atoms with E-state index in [4.69, 9.17) is 0 Å². The number of aryl methyl sites for hydroxylation is 2. The van der Waals surface area contributed by atoms with Crippen LogP contribution in [0.4, 0.5) is 10.8 Å². The lowest BCUT2D eigenvalue weighted by atomic mass is 10.2. The molecule has 8 heteroatoms. The smallest absolute Gasteiger partial charge is 0.261 e. The number of hydrogen-bond donors (Lipinski definition) is 2. The van der Waals surface area contributed by atoms with Gasteiger partial charge in [-0.15, -0.1) is 11.3 Å². The van der Waals surface area contributed by atoms with E-state index in [1.165, 1.54) is 28.3 Å². The molecule has 3 aromatic rings. The summed E-state index contributed by atoms with van der Waals surface area (Å²) in [5.74, 6) is -0.264. The van der Waals surface area contributed by atoms with Crippen LogP contribution in [0.3, 0.4) is 0 Å². The van der Waals surface area contributed by atoms with Crippen molar-refractivity contribution in [3.63, 3.8) is 0 Å². The van der Waals surface area contributed by atoms with E-state index < -0.39 is 10.0 Å². The second kappa shape index (κ2) is 7.13. The summed E-state index contributed by atoms with van der Waals surface area (Å²) in [6.07, 6.45) is 3.12. The Morgan fingerprint density at radius 1 is 1.00 bits per heavy atom. The van der Waals surface area contributed by atoms with Gasteiger partial charge in [0.15, 0.2) is 5.13 Å². The molecule has 0 radical (unpaired) electrons. The van der Waals surface area contributed by atoms with Crippen molar-refractivity contribution >= 4 is 38.1 Å². The third-order valence-electron chi connectivity index (χ3n) is 4.27. The molecule has 1 aliphatic carbocycles. The highest BCUT2D eigenvalue weighted by Crippen LogP contribution is 2.30. The monoisotopic (exact) mass is 399 g/mol. The van der Waals surface area contributed by atoms with Crippen molar-refractivity contribution in [3.05, 3.63) is 70.7 Å². The molecule has 0 aliphatic heterocycles. The molecule has 4 rings (SSSR count). The lowest BCUT2D eigenvalue weighted by Crippen LogP contribution is -2.14. The van der Waals surface area contributed by atoms with E-state index in [2.05, 4.69) is 15.0 Å². The molecule has 0 unspecified atom stereocenters. The number of carbonyl (C=O) groups is 1. The zero-order chi connectivity index (χ0) is 18.9. The number of fused-ring (bicyclic) bond motifs is 1. The lowest BCUT2D eigenvalue weighted by Gasteiger charge is -2.08. The summed E-state index contributed by atoms with van der Waals surface area (Å²) in [5.41, 5.74) is 1.91. The first kappa shape index (κ1) is 17.7. The minimum Gasteiger partial charge on any atom is -0.298 e. The second-order valence-electron chi connectivity index (χ2n) is 6.19. The quantitative estimate of drug-likeness (QED) is 0.685. The first-order valence-electron chi connectivity index (χ1n) is 8.49. The fourth-order valence-electron chi connectivity index (χ4n) is 2.92. The van der Waals surface area contributed by atoms with Crippen LogP contribution in [-0.4, -0.2) is 19.3 Å². The van der Waals surface area contributed by atoms with Crippen LogP contribution in [-0.2, 0) is 22.9 Å². The van der Waals surface area contributed by atoms with Crippen molar-refractivity contribution in [2.75, 3.05) is 10.0 Å². The Labute approximate surface area is 161 Å². The Balaban J connectivity index is 1.44. The summed E-state index contributed by atoms with van der Waals surface area (Å²) in [7, 11) is -3.65. The molecule has 0 atom stereocenters. The van der Waals surface area contributed by atoms with Gasteiger partial charge in [0.2, 0.25) is 0 Å². The molecule has 0 spiro atoms. The van der Waals surface area contributed by atoms with Crippen LogP contribution in [0.25, 0.3) is 0 Å². The van der Waals surface area contributed by atoms with E-state index in [0.717, 1.165) is 25.0 Å².